The van der Waals surface area contributed by atoms with E-state index in [1.165, 1.54) is 19.3 Å². The first-order chi connectivity index (χ1) is 14.0. The van der Waals surface area contributed by atoms with Gasteiger partial charge in [0.1, 0.15) is 11.5 Å². The molecule has 0 saturated carbocycles. The molecule has 0 radical (unpaired) electrons. The first kappa shape index (κ1) is 19.6. The van der Waals surface area contributed by atoms with Crippen molar-refractivity contribution in [1.29, 1.82) is 0 Å². The van der Waals surface area contributed by atoms with Gasteiger partial charge in [-0.3, -0.25) is 14.4 Å². The summed E-state index contributed by atoms with van der Waals surface area (Å²) in [6.45, 7) is 1.41. The van der Waals surface area contributed by atoms with E-state index in [4.69, 9.17) is 4.42 Å². The summed E-state index contributed by atoms with van der Waals surface area (Å²) < 4.78 is 5.26. The van der Waals surface area contributed by atoms with Crippen molar-refractivity contribution in [2.24, 2.45) is 0 Å². The number of hydrogen-bond acceptors (Lipinski definition) is 4. The Kier molecular flexibility index (Phi) is 6.22. The van der Waals surface area contributed by atoms with Crippen molar-refractivity contribution < 1.29 is 18.8 Å². The topological polar surface area (TPSA) is 100 Å². The monoisotopic (exact) mass is 389 g/mol. The van der Waals surface area contributed by atoms with Crippen LogP contribution in [0.15, 0.2) is 83.1 Å². The molecule has 29 heavy (non-hydrogen) atoms. The normalized spacial score (nSPS) is 10.9. The van der Waals surface area contributed by atoms with Crippen LogP contribution in [-0.2, 0) is 9.59 Å². The Morgan fingerprint density at radius 1 is 0.828 bits per heavy atom. The molecule has 0 aliphatic carbocycles. The summed E-state index contributed by atoms with van der Waals surface area (Å²) in [4.78, 5) is 36.3. The number of furan rings is 1. The number of nitrogens with one attached hydrogen (secondary N) is 3. The van der Waals surface area contributed by atoms with E-state index < -0.39 is 11.8 Å². The van der Waals surface area contributed by atoms with Crippen molar-refractivity contribution in [1.82, 2.24) is 5.32 Å². The first-order valence-corrected chi connectivity index (χ1v) is 8.82. The maximum atomic E-state index is 12.8. The van der Waals surface area contributed by atoms with Gasteiger partial charge in [0.15, 0.2) is 0 Å². The summed E-state index contributed by atoms with van der Waals surface area (Å²) >= 11 is 0. The molecule has 1 aromatic heterocycles. The summed E-state index contributed by atoms with van der Waals surface area (Å²) in [5, 5.41) is 7.99. The van der Waals surface area contributed by atoms with Crippen molar-refractivity contribution in [2.75, 3.05) is 10.6 Å². The Morgan fingerprint density at radius 2 is 1.48 bits per heavy atom. The third kappa shape index (κ3) is 5.67. The molecule has 0 fully saturated rings. The van der Waals surface area contributed by atoms with Gasteiger partial charge < -0.3 is 20.4 Å². The minimum atomic E-state index is -0.516. The molecule has 7 nitrogen and oxygen atoms in total. The third-order valence-electron chi connectivity index (χ3n) is 3.82. The number of rotatable bonds is 6. The fraction of sp³-hybridized carbons (Fsp3) is 0.0455. The fourth-order valence-electron chi connectivity index (χ4n) is 2.50. The quantitative estimate of drug-likeness (QED) is 0.560. The highest BCUT2D eigenvalue weighted by Gasteiger charge is 2.15. The maximum absolute atomic E-state index is 12.8. The van der Waals surface area contributed by atoms with E-state index in [0.29, 0.717) is 22.7 Å². The minimum absolute atomic E-state index is 0.0275. The van der Waals surface area contributed by atoms with Gasteiger partial charge in [-0.25, -0.2) is 0 Å². The molecule has 0 saturated heterocycles. The number of anilines is 2. The Balaban J connectivity index is 1.77. The third-order valence-corrected chi connectivity index (χ3v) is 3.82. The highest BCUT2D eigenvalue weighted by molar-refractivity contribution is 6.10. The number of amides is 3. The predicted molar refractivity (Wildman–Crippen MR) is 110 cm³/mol. The van der Waals surface area contributed by atoms with E-state index in [1.54, 1.807) is 66.7 Å². The Labute approximate surface area is 167 Å². The first-order valence-electron chi connectivity index (χ1n) is 8.82. The number of benzene rings is 2. The molecule has 3 N–H and O–H groups in total. The van der Waals surface area contributed by atoms with Gasteiger partial charge in [-0.15, -0.1) is 0 Å². The molecule has 1 heterocycles. The smallest absolute Gasteiger partial charge is 0.272 e. The molecule has 0 spiro atoms. The molecule has 146 valence electrons. The van der Waals surface area contributed by atoms with Gasteiger partial charge in [0.2, 0.25) is 5.91 Å². The lowest BCUT2D eigenvalue weighted by Crippen LogP contribution is -2.30. The van der Waals surface area contributed by atoms with Gasteiger partial charge in [0.25, 0.3) is 11.8 Å². The van der Waals surface area contributed by atoms with Crippen molar-refractivity contribution in [2.45, 2.75) is 6.92 Å². The molecule has 0 aliphatic heterocycles. The Hall–Kier alpha value is -4.13. The number of carbonyl (C=O) groups is 3. The van der Waals surface area contributed by atoms with Gasteiger partial charge in [-0.2, -0.15) is 0 Å². The van der Waals surface area contributed by atoms with Crippen LogP contribution >= 0.6 is 0 Å². The zero-order valence-corrected chi connectivity index (χ0v) is 15.6. The van der Waals surface area contributed by atoms with Crippen LogP contribution in [0.3, 0.4) is 0 Å². The molecule has 7 heteroatoms. The second-order valence-corrected chi connectivity index (χ2v) is 6.11. The molecule has 3 aromatic rings. The number of hydrogen-bond donors (Lipinski definition) is 3. The van der Waals surface area contributed by atoms with Crippen molar-refractivity contribution in [3.63, 3.8) is 0 Å². The lowest BCUT2D eigenvalue weighted by molar-refractivity contribution is -0.114. The van der Waals surface area contributed by atoms with E-state index in [2.05, 4.69) is 16.0 Å². The molecule has 3 amide bonds. The summed E-state index contributed by atoms with van der Waals surface area (Å²) in [6, 6.07) is 18.5. The lowest BCUT2D eigenvalue weighted by Gasteiger charge is -2.11. The zero-order chi connectivity index (χ0) is 20.6. The van der Waals surface area contributed by atoms with Gasteiger partial charge in [0.05, 0.1) is 6.26 Å². The summed E-state index contributed by atoms with van der Waals surface area (Å²) in [6.07, 6.45) is 2.92. The fourth-order valence-corrected chi connectivity index (χ4v) is 2.50. The zero-order valence-electron chi connectivity index (χ0n) is 15.6. The van der Waals surface area contributed by atoms with Crippen LogP contribution < -0.4 is 16.0 Å². The van der Waals surface area contributed by atoms with E-state index in [0.717, 1.165) is 0 Å². The van der Waals surface area contributed by atoms with Crippen LogP contribution in [0.25, 0.3) is 6.08 Å². The average molecular weight is 389 g/mol. The Bertz CT molecular complexity index is 1020. The second-order valence-electron chi connectivity index (χ2n) is 6.11. The average Bonchev–Trinajstić information content (AvgIpc) is 3.22. The van der Waals surface area contributed by atoms with E-state index >= 15 is 0 Å². The molecular formula is C22H19N3O4. The molecule has 2 aromatic carbocycles. The Morgan fingerprint density at radius 3 is 2.07 bits per heavy atom. The molecule has 3 rings (SSSR count). The second kappa shape index (κ2) is 9.18. The predicted octanol–water partition coefficient (Wildman–Crippen LogP) is 3.65. The van der Waals surface area contributed by atoms with Gasteiger partial charge in [0, 0.05) is 29.9 Å². The summed E-state index contributed by atoms with van der Waals surface area (Å²) in [7, 11) is 0. The van der Waals surface area contributed by atoms with Crippen LogP contribution in [-0.4, -0.2) is 17.7 Å². The van der Waals surface area contributed by atoms with Gasteiger partial charge >= 0.3 is 0 Å². The number of carbonyl (C=O) groups excluding carboxylic acids is 3. The maximum Gasteiger partial charge on any atom is 0.272 e. The molecular weight excluding hydrogens is 370 g/mol. The SMILES string of the molecule is CC(=O)Nc1ccc(NC(=O)/C(=C/c2ccco2)NC(=O)c2ccccc2)cc1. The van der Waals surface area contributed by atoms with Crippen LogP contribution in [0.1, 0.15) is 23.0 Å². The van der Waals surface area contributed by atoms with E-state index in [1.807, 2.05) is 0 Å². The molecule has 0 bridgehead atoms. The standard InChI is InChI=1S/C22H19N3O4/c1-15(26)23-17-9-11-18(12-10-17)24-22(28)20(14-19-8-5-13-29-19)25-21(27)16-6-3-2-4-7-16/h2-14H,1H3,(H,23,26)(H,24,28)(H,25,27)/b20-14-. The largest absolute Gasteiger partial charge is 0.465 e. The van der Waals surface area contributed by atoms with Crippen molar-refractivity contribution in [3.05, 3.63) is 90.0 Å². The highest BCUT2D eigenvalue weighted by atomic mass is 16.3. The van der Waals surface area contributed by atoms with Crippen molar-refractivity contribution in [3.8, 4) is 0 Å². The molecule has 0 unspecified atom stereocenters. The van der Waals surface area contributed by atoms with Crippen molar-refractivity contribution >= 4 is 35.2 Å². The molecule has 0 aliphatic rings. The van der Waals surface area contributed by atoms with E-state index in [9.17, 15) is 14.4 Å². The van der Waals surface area contributed by atoms with E-state index in [-0.39, 0.29) is 11.6 Å². The summed E-state index contributed by atoms with van der Waals surface area (Å²) in [5.41, 5.74) is 1.56. The van der Waals surface area contributed by atoms with Crippen LogP contribution in [0.2, 0.25) is 0 Å². The molecule has 0 atom stereocenters. The van der Waals surface area contributed by atoms with Crippen LogP contribution in [0, 0.1) is 0 Å². The van der Waals surface area contributed by atoms with Crippen LogP contribution in [0.4, 0.5) is 11.4 Å². The van der Waals surface area contributed by atoms with Gasteiger partial charge in [-0.1, -0.05) is 18.2 Å². The van der Waals surface area contributed by atoms with Crippen LogP contribution in [0.5, 0.6) is 0 Å². The summed E-state index contributed by atoms with van der Waals surface area (Å²) in [5.74, 6) is -0.698. The van der Waals surface area contributed by atoms with Gasteiger partial charge in [-0.05, 0) is 48.5 Å². The minimum Gasteiger partial charge on any atom is -0.465 e. The lowest BCUT2D eigenvalue weighted by atomic mass is 10.2. The highest BCUT2D eigenvalue weighted by Crippen LogP contribution is 2.15.